The minimum absolute atomic E-state index is 0.373. The number of likely N-dealkylation sites (N-methyl/N-ethyl adjacent to an activating group) is 1. The number of methoxy groups -OCH3 is 1. The zero-order valence-corrected chi connectivity index (χ0v) is 13.3. The Balaban J connectivity index is 0. The molecule has 1 heterocycles. The van der Waals surface area contributed by atoms with Crippen LogP contribution in [0, 0.1) is 0 Å². The van der Waals surface area contributed by atoms with Gasteiger partial charge in [0.05, 0.1) is 6.61 Å². The van der Waals surface area contributed by atoms with Crippen LogP contribution in [0.15, 0.2) is 0 Å². The molecule has 1 rings (SSSR count). The summed E-state index contributed by atoms with van der Waals surface area (Å²) in [5.41, 5.74) is 0.373. The van der Waals surface area contributed by atoms with Gasteiger partial charge >= 0.3 is 0 Å². The highest BCUT2D eigenvalue weighted by Crippen LogP contribution is 2.33. The summed E-state index contributed by atoms with van der Waals surface area (Å²) in [6.45, 7) is 15.9. The van der Waals surface area contributed by atoms with Gasteiger partial charge in [0, 0.05) is 12.6 Å². The second-order valence-corrected chi connectivity index (χ2v) is 4.09. The average Bonchev–Trinajstić information content (AvgIpc) is 2.78. The predicted octanol–water partition coefficient (Wildman–Crippen LogP) is 4.34. The van der Waals surface area contributed by atoms with Crippen molar-refractivity contribution >= 4 is 0 Å². The van der Waals surface area contributed by atoms with E-state index in [0.717, 1.165) is 6.61 Å². The Hall–Kier alpha value is -0.0800. The Morgan fingerprint density at radius 1 is 1.12 bits per heavy atom. The van der Waals surface area contributed by atoms with E-state index < -0.39 is 0 Å². The second-order valence-electron chi connectivity index (χ2n) is 4.09. The van der Waals surface area contributed by atoms with Crippen LogP contribution in [0.1, 0.15) is 67.2 Å². The molecule has 0 bridgehead atoms. The summed E-state index contributed by atoms with van der Waals surface area (Å²) in [5.74, 6) is 0. The van der Waals surface area contributed by atoms with Crippen molar-refractivity contribution in [2.45, 2.75) is 72.8 Å². The van der Waals surface area contributed by atoms with E-state index in [1.807, 2.05) is 34.8 Å². The van der Waals surface area contributed by atoms with Gasteiger partial charge in [0.1, 0.15) is 0 Å². The molecule has 0 saturated carbocycles. The molecule has 106 valence electrons. The molecular weight excluding hydrogens is 210 g/mol. The lowest BCUT2D eigenvalue weighted by molar-refractivity contribution is 0.0342. The van der Waals surface area contributed by atoms with Gasteiger partial charge in [0.25, 0.3) is 0 Å². The van der Waals surface area contributed by atoms with E-state index in [2.05, 4.69) is 18.7 Å². The van der Waals surface area contributed by atoms with Crippen molar-refractivity contribution in [1.29, 1.82) is 0 Å². The van der Waals surface area contributed by atoms with E-state index in [1.165, 1.54) is 38.8 Å². The highest BCUT2D eigenvalue weighted by atomic mass is 16.5. The fourth-order valence-corrected chi connectivity index (χ4v) is 2.74. The maximum Gasteiger partial charge on any atom is 0.0646 e. The third-order valence-electron chi connectivity index (χ3n) is 3.25. The molecule has 1 aliphatic heterocycles. The first-order valence-corrected chi connectivity index (χ1v) is 7.53. The van der Waals surface area contributed by atoms with Gasteiger partial charge in [0.2, 0.25) is 0 Å². The molecule has 17 heavy (non-hydrogen) atoms. The standard InChI is InChI=1S/C11H23NO.2C2H6/c1-4-7-11(10-13-3)8-6-9-12(11)5-2;2*1-2/h4-10H2,1-3H3;2*1-2H3. The van der Waals surface area contributed by atoms with Crippen molar-refractivity contribution in [3.05, 3.63) is 0 Å². The molecule has 1 aliphatic rings. The predicted molar refractivity (Wildman–Crippen MR) is 78.7 cm³/mol. The summed E-state index contributed by atoms with van der Waals surface area (Å²) in [4.78, 5) is 2.60. The van der Waals surface area contributed by atoms with Crippen LogP contribution in [0.3, 0.4) is 0 Å². The molecule has 0 spiro atoms. The quantitative estimate of drug-likeness (QED) is 0.714. The SMILES string of the molecule is CC.CC.CCCC1(COC)CCCN1CC. The molecule has 0 N–H and O–H groups in total. The Morgan fingerprint density at radius 3 is 2.12 bits per heavy atom. The fourth-order valence-electron chi connectivity index (χ4n) is 2.74. The summed E-state index contributed by atoms with van der Waals surface area (Å²) < 4.78 is 5.37. The minimum atomic E-state index is 0.373. The first kappa shape index (κ1) is 19.3. The Labute approximate surface area is 110 Å². The van der Waals surface area contributed by atoms with Crippen molar-refractivity contribution in [3.63, 3.8) is 0 Å². The Kier molecular flexibility index (Phi) is 14.0. The van der Waals surface area contributed by atoms with Crippen LogP contribution >= 0.6 is 0 Å². The van der Waals surface area contributed by atoms with Crippen LogP contribution in [-0.4, -0.2) is 37.2 Å². The van der Waals surface area contributed by atoms with Crippen LogP contribution < -0.4 is 0 Å². The zero-order chi connectivity index (χ0) is 13.7. The third-order valence-corrected chi connectivity index (χ3v) is 3.25. The van der Waals surface area contributed by atoms with Crippen molar-refractivity contribution < 1.29 is 4.74 Å². The first-order chi connectivity index (χ1) is 8.29. The number of ether oxygens (including phenoxy) is 1. The van der Waals surface area contributed by atoms with Gasteiger partial charge in [-0.1, -0.05) is 48.0 Å². The molecule has 0 aromatic rings. The van der Waals surface area contributed by atoms with Crippen molar-refractivity contribution in [2.24, 2.45) is 0 Å². The molecule has 1 fully saturated rings. The molecule has 0 aromatic heterocycles. The van der Waals surface area contributed by atoms with Gasteiger partial charge in [-0.05, 0) is 32.4 Å². The molecular formula is C15H35NO. The Morgan fingerprint density at radius 2 is 1.71 bits per heavy atom. The molecule has 0 radical (unpaired) electrons. The normalized spacial score (nSPS) is 23.5. The first-order valence-electron chi connectivity index (χ1n) is 7.53. The lowest BCUT2D eigenvalue weighted by Crippen LogP contribution is -2.47. The Bertz CT molecular complexity index is 142. The van der Waals surface area contributed by atoms with Crippen molar-refractivity contribution in [2.75, 3.05) is 26.8 Å². The van der Waals surface area contributed by atoms with Gasteiger partial charge in [-0.3, -0.25) is 4.90 Å². The number of hydrogen-bond donors (Lipinski definition) is 0. The van der Waals surface area contributed by atoms with E-state index in [-0.39, 0.29) is 0 Å². The van der Waals surface area contributed by atoms with Crippen LogP contribution in [-0.2, 0) is 4.74 Å². The molecule has 0 amide bonds. The summed E-state index contributed by atoms with van der Waals surface area (Å²) in [6, 6.07) is 0. The monoisotopic (exact) mass is 245 g/mol. The van der Waals surface area contributed by atoms with Crippen LogP contribution in [0.25, 0.3) is 0 Å². The highest BCUT2D eigenvalue weighted by molar-refractivity contribution is 4.94. The molecule has 1 atom stereocenters. The summed E-state index contributed by atoms with van der Waals surface area (Å²) in [5, 5.41) is 0. The largest absolute Gasteiger partial charge is 0.383 e. The van der Waals surface area contributed by atoms with Gasteiger partial charge in [0.15, 0.2) is 0 Å². The van der Waals surface area contributed by atoms with E-state index in [1.54, 1.807) is 0 Å². The summed E-state index contributed by atoms with van der Waals surface area (Å²) >= 11 is 0. The van der Waals surface area contributed by atoms with Gasteiger partial charge in [-0.2, -0.15) is 0 Å². The van der Waals surface area contributed by atoms with E-state index in [9.17, 15) is 0 Å². The van der Waals surface area contributed by atoms with E-state index in [0.29, 0.717) is 5.54 Å². The molecule has 1 unspecified atom stereocenters. The lowest BCUT2D eigenvalue weighted by atomic mass is 9.91. The summed E-state index contributed by atoms with van der Waals surface area (Å²) in [7, 11) is 1.82. The fraction of sp³-hybridized carbons (Fsp3) is 1.00. The zero-order valence-electron chi connectivity index (χ0n) is 13.3. The molecule has 0 aliphatic carbocycles. The van der Waals surface area contributed by atoms with Gasteiger partial charge in [-0.15, -0.1) is 0 Å². The third kappa shape index (κ3) is 5.87. The number of rotatable bonds is 5. The second kappa shape index (κ2) is 12.4. The minimum Gasteiger partial charge on any atom is -0.383 e. The van der Waals surface area contributed by atoms with Crippen molar-refractivity contribution in [1.82, 2.24) is 4.90 Å². The molecule has 2 heteroatoms. The van der Waals surface area contributed by atoms with E-state index in [4.69, 9.17) is 4.74 Å². The van der Waals surface area contributed by atoms with Crippen LogP contribution in [0.4, 0.5) is 0 Å². The number of likely N-dealkylation sites (tertiary alicyclic amines) is 1. The topological polar surface area (TPSA) is 12.5 Å². The number of hydrogen-bond acceptors (Lipinski definition) is 2. The van der Waals surface area contributed by atoms with E-state index >= 15 is 0 Å². The molecule has 2 nitrogen and oxygen atoms in total. The number of nitrogens with zero attached hydrogens (tertiary/aromatic N) is 1. The summed E-state index contributed by atoms with van der Waals surface area (Å²) in [6.07, 6.45) is 5.22. The average molecular weight is 245 g/mol. The smallest absolute Gasteiger partial charge is 0.0646 e. The maximum atomic E-state index is 5.37. The molecule has 0 aromatic carbocycles. The highest BCUT2D eigenvalue weighted by Gasteiger charge is 2.38. The van der Waals surface area contributed by atoms with Crippen molar-refractivity contribution in [3.8, 4) is 0 Å². The van der Waals surface area contributed by atoms with Crippen LogP contribution in [0.2, 0.25) is 0 Å². The van der Waals surface area contributed by atoms with Gasteiger partial charge in [-0.25, -0.2) is 0 Å². The molecule has 1 saturated heterocycles. The maximum absolute atomic E-state index is 5.37. The van der Waals surface area contributed by atoms with Crippen LogP contribution in [0.5, 0.6) is 0 Å². The van der Waals surface area contributed by atoms with Gasteiger partial charge < -0.3 is 4.74 Å². The lowest BCUT2D eigenvalue weighted by Gasteiger charge is -2.37.